The first-order chi connectivity index (χ1) is 25.1. The molecule has 11 heteroatoms. The Labute approximate surface area is 325 Å². The molecule has 5 aliphatic rings. The van der Waals surface area contributed by atoms with E-state index in [9.17, 15) is 9.00 Å². The van der Waals surface area contributed by atoms with E-state index in [0.29, 0.717) is 24.0 Å². The first-order valence-corrected chi connectivity index (χ1v) is 22.6. The lowest BCUT2D eigenvalue weighted by molar-refractivity contribution is 0.0496. The predicted octanol–water partition coefficient (Wildman–Crippen LogP) is 7.49. The molecule has 0 radical (unpaired) electrons. The van der Waals surface area contributed by atoms with Gasteiger partial charge in [0.15, 0.2) is 0 Å². The molecule has 2 bridgehead atoms. The van der Waals surface area contributed by atoms with Crippen LogP contribution in [0.15, 0.2) is 36.4 Å². The Morgan fingerprint density at radius 1 is 0.942 bits per heavy atom. The molecule has 2 saturated heterocycles. The van der Waals surface area contributed by atoms with E-state index in [2.05, 4.69) is 63.0 Å². The lowest BCUT2D eigenvalue weighted by Gasteiger charge is -2.45. The molecule has 3 fully saturated rings. The van der Waals surface area contributed by atoms with Gasteiger partial charge in [-0.3, -0.25) is 14.4 Å². The maximum Gasteiger partial charge on any atom is 0.263 e. The van der Waals surface area contributed by atoms with E-state index in [1.807, 2.05) is 37.1 Å². The molecule has 2 aromatic carbocycles. The summed E-state index contributed by atoms with van der Waals surface area (Å²) in [6.07, 6.45) is 11.5. The maximum atomic E-state index is 13.2. The zero-order valence-electron chi connectivity index (χ0n) is 32.2. The molecule has 7 atom stereocenters. The molecule has 8 nitrogen and oxygen atoms in total. The van der Waals surface area contributed by atoms with Gasteiger partial charge in [-0.15, -0.1) is 0 Å². The molecule has 1 N–H and O–H groups in total. The molecular formula is C41H62ClN5O3S2. The molecule has 0 aromatic heterocycles. The van der Waals surface area contributed by atoms with Crippen LogP contribution in [0, 0.1) is 17.8 Å². The highest BCUT2D eigenvalue weighted by Crippen LogP contribution is 2.43. The van der Waals surface area contributed by atoms with Gasteiger partial charge in [-0.1, -0.05) is 69.1 Å². The van der Waals surface area contributed by atoms with Crippen molar-refractivity contribution >= 4 is 46.1 Å². The number of nitrogens with one attached hydrogen (secondary N) is 1. The zero-order chi connectivity index (χ0) is 36.8. The van der Waals surface area contributed by atoms with Gasteiger partial charge in [0.1, 0.15) is 16.7 Å². The topological polar surface area (TPSA) is 68.4 Å². The van der Waals surface area contributed by atoms with Crippen LogP contribution >= 0.6 is 23.5 Å². The van der Waals surface area contributed by atoms with Crippen molar-refractivity contribution in [2.24, 2.45) is 17.8 Å². The van der Waals surface area contributed by atoms with Gasteiger partial charge in [0.05, 0.1) is 17.5 Å². The van der Waals surface area contributed by atoms with Crippen LogP contribution in [0.5, 0.6) is 5.75 Å². The number of rotatable bonds is 4. The lowest BCUT2D eigenvalue weighted by Crippen LogP contribution is -2.59. The highest BCUT2D eigenvalue weighted by atomic mass is 35.5. The van der Waals surface area contributed by atoms with Crippen LogP contribution in [0.4, 0.5) is 5.69 Å². The third kappa shape index (κ3) is 9.88. The van der Waals surface area contributed by atoms with Gasteiger partial charge in [0.2, 0.25) is 0 Å². The van der Waals surface area contributed by atoms with E-state index < -0.39 is 11.0 Å². The molecule has 52 heavy (non-hydrogen) atoms. The third-order valence-corrected chi connectivity index (χ3v) is 15.1. The lowest BCUT2D eigenvalue weighted by atomic mass is 9.70. The van der Waals surface area contributed by atoms with Crippen molar-refractivity contribution in [2.45, 2.75) is 89.3 Å². The summed E-state index contributed by atoms with van der Waals surface area (Å²) in [6, 6.07) is 12.7. The molecule has 0 spiro atoms. The number of aryl methyl sites for hydroxylation is 1. The molecule has 1 aliphatic carbocycles. The Balaban J connectivity index is 0.000000299. The highest BCUT2D eigenvalue weighted by molar-refractivity contribution is 7.96. The van der Waals surface area contributed by atoms with E-state index in [1.165, 1.54) is 76.1 Å². The Morgan fingerprint density at radius 2 is 1.73 bits per heavy atom. The fraction of sp³-hybridized carbons (Fsp3) is 0.683. The number of nitrogens with zero attached hydrogens (tertiary/aromatic N) is 4. The number of hydrogen-bond donors (Lipinski definition) is 1. The molecular weight excluding hydrogens is 710 g/mol. The van der Waals surface area contributed by atoms with E-state index >= 15 is 0 Å². The van der Waals surface area contributed by atoms with E-state index in [0.717, 1.165) is 67.2 Å². The monoisotopic (exact) mass is 771 g/mol. The maximum absolute atomic E-state index is 13.2. The molecule has 7 rings (SSSR count). The number of hydrogen-bond acceptors (Lipinski definition) is 8. The average Bonchev–Trinajstić information content (AvgIpc) is 3.31. The SMILES string of the molecule is CCCc1cc(Cl)ccc1C1COc2ccc3cc2N(C1)CC1CCC1CCCCC(C)C(C)S(=O)NC3=O.CSN1CCN2CCN(C)CC2C1. The molecule has 288 valence electrons. The van der Waals surface area contributed by atoms with E-state index in [-0.39, 0.29) is 17.1 Å². The minimum Gasteiger partial charge on any atom is -0.491 e. The summed E-state index contributed by atoms with van der Waals surface area (Å²) >= 11 is 8.28. The second kappa shape index (κ2) is 18.7. The van der Waals surface area contributed by atoms with Gasteiger partial charge in [0, 0.05) is 74.9 Å². The number of ether oxygens (including phenoxy) is 1. The highest BCUT2D eigenvalue weighted by Gasteiger charge is 2.35. The van der Waals surface area contributed by atoms with Crippen LogP contribution < -0.4 is 14.4 Å². The van der Waals surface area contributed by atoms with Crippen molar-refractivity contribution in [1.82, 2.24) is 18.8 Å². The number of anilines is 1. The first kappa shape index (κ1) is 39.9. The Hall–Kier alpha value is -1.82. The van der Waals surface area contributed by atoms with Crippen LogP contribution in [0.25, 0.3) is 0 Å². The van der Waals surface area contributed by atoms with Crippen LogP contribution in [-0.2, 0) is 17.4 Å². The normalized spacial score (nSPS) is 30.7. The Bertz CT molecular complexity index is 1530. The summed E-state index contributed by atoms with van der Waals surface area (Å²) in [5, 5.41) is 0.690. The van der Waals surface area contributed by atoms with Gasteiger partial charge in [-0.05, 0) is 105 Å². The molecule has 7 unspecified atom stereocenters. The number of amides is 1. The standard InChI is InChI=1S/C32H43ClN2O3S.C9H19N3S/c1-4-7-24-16-28(33)13-14-29(24)27-19-35-18-26-11-10-23(26)9-6-5-8-21(2)22(3)39(37)34-32(36)25-12-15-31(38-20-27)30(35)17-25;1-10-3-4-11-5-6-12(13-2)8-9(11)7-10/h12-17,21-23,26-27H,4-11,18-20H2,1-3H3,(H,34,36);9H,3-8H2,1-2H3. The van der Waals surface area contributed by atoms with E-state index in [1.54, 1.807) is 6.07 Å². The van der Waals surface area contributed by atoms with Crippen molar-refractivity contribution < 1.29 is 13.7 Å². The molecule has 4 heterocycles. The number of likely N-dealkylation sites (N-methyl/N-ethyl adjacent to an activating group) is 1. The van der Waals surface area contributed by atoms with Crippen LogP contribution in [0.2, 0.25) is 5.02 Å². The van der Waals surface area contributed by atoms with Crippen molar-refractivity contribution in [1.29, 1.82) is 0 Å². The van der Waals surface area contributed by atoms with Crippen LogP contribution in [-0.4, -0.2) is 108 Å². The zero-order valence-corrected chi connectivity index (χ0v) is 34.5. The number of fused-ring (bicyclic) bond motifs is 3. The molecule has 1 amide bonds. The summed E-state index contributed by atoms with van der Waals surface area (Å²) in [7, 11) is 0.805. The van der Waals surface area contributed by atoms with Crippen LogP contribution in [0.3, 0.4) is 0 Å². The number of benzene rings is 2. The molecule has 1 saturated carbocycles. The molecule has 4 aliphatic heterocycles. The number of carbonyl (C=O) groups is 1. The summed E-state index contributed by atoms with van der Waals surface area (Å²) in [6.45, 7) is 16.2. The number of piperazine rings is 2. The molecule has 2 aromatic rings. The first-order valence-electron chi connectivity index (χ1n) is 19.9. The fourth-order valence-electron chi connectivity index (χ4n) is 8.81. The number of carbonyl (C=O) groups excluding carboxylic acids is 1. The van der Waals surface area contributed by atoms with Gasteiger partial charge >= 0.3 is 0 Å². The minimum absolute atomic E-state index is 0.0867. The Morgan fingerprint density at radius 3 is 2.50 bits per heavy atom. The van der Waals surface area contributed by atoms with Gasteiger partial charge in [0.25, 0.3) is 5.91 Å². The van der Waals surface area contributed by atoms with Crippen molar-refractivity contribution in [3.05, 3.63) is 58.1 Å². The summed E-state index contributed by atoms with van der Waals surface area (Å²) in [4.78, 5) is 20.8. The van der Waals surface area contributed by atoms with Gasteiger partial charge < -0.3 is 14.5 Å². The van der Waals surface area contributed by atoms with Gasteiger partial charge in [-0.2, -0.15) is 0 Å². The quantitative estimate of drug-likeness (QED) is 0.321. The average molecular weight is 773 g/mol. The van der Waals surface area contributed by atoms with Crippen LogP contribution in [0.1, 0.15) is 93.1 Å². The summed E-state index contributed by atoms with van der Waals surface area (Å²) in [5.74, 6) is 2.45. The smallest absolute Gasteiger partial charge is 0.263 e. The fourth-order valence-corrected chi connectivity index (χ4v) is 10.6. The summed E-state index contributed by atoms with van der Waals surface area (Å²) < 4.78 is 24.7. The largest absolute Gasteiger partial charge is 0.491 e. The summed E-state index contributed by atoms with van der Waals surface area (Å²) in [5.41, 5.74) is 4.11. The van der Waals surface area contributed by atoms with Crippen molar-refractivity contribution in [3.63, 3.8) is 0 Å². The van der Waals surface area contributed by atoms with Crippen molar-refractivity contribution in [2.75, 3.05) is 77.2 Å². The second-order valence-corrected chi connectivity index (χ2v) is 18.9. The van der Waals surface area contributed by atoms with E-state index in [4.69, 9.17) is 16.3 Å². The minimum atomic E-state index is -1.43. The van der Waals surface area contributed by atoms with Crippen molar-refractivity contribution in [3.8, 4) is 5.75 Å². The third-order valence-electron chi connectivity index (χ3n) is 12.5. The Kier molecular flexibility index (Phi) is 14.3. The predicted molar refractivity (Wildman–Crippen MR) is 219 cm³/mol. The van der Waals surface area contributed by atoms with Gasteiger partial charge in [-0.25, -0.2) is 8.51 Å². The second-order valence-electron chi connectivity index (χ2n) is 16.0. The number of halogens is 1.